The van der Waals surface area contributed by atoms with Crippen LogP contribution in [0.1, 0.15) is 19.8 Å². The van der Waals surface area contributed by atoms with Crippen LogP contribution in [-0.4, -0.2) is 20.7 Å². The number of pyridine rings is 1. The van der Waals surface area contributed by atoms with Gasteiger partial charge in [0.05, 0.1) is 5.69 Å². The van der Waals surface area contributed by atoms with Crippen LogP contribution in [0.2, 0.25) is 0 Å². The van der Waals surface area contributed by atoms with Gasteiger partial charge in [0.15, 0.2) is 5.65 Å². The number of nitrogens with one attached hydrogen (secondary N) is 1. The fourth-order valence-corrected chi connectivity index (χ4v) is 2.03. The van der Waals surface area contributed by atoms with Crippen LogP contribution < -0.4 is 16.6 Å². The molecular weight excluding hydrogens is 244 g/mol. The highest BCUT2D eigenvalue weighted by Crippen LogP contribution is 2.16. The topological polar surface area (TPSA) is 68.9 Å². The molecule has 102 valence electrons. The van der Waals surface area contributed by atoms with E-state index in [2.05, 4.69) is 17.2 Å². The summed E-state index contributed by atoms with van der Waals surface area (Å²) in [6.07, 6.45) is 3.71. The van der Waals surface area contributed by atoms with Crippen molar-refractivity contribution in [2.45, 2.75) is 19.8 Å². The average Bonchev–Trinajstić information content (AvgIpc) is 2.43. The van der Waals surface area contributed by atoms with E-state index in [-0.39, 0.29) is 11.2 Å². The largest absolute Gasteiger partial charge is 0.384 e. The zero-order chi connectivity index (χ0) is 14.0. The number of aromatic nitrogens is 3. The quantitative estimate of drug-likeness (QED) is 0.829. The van der Waals surface area contributed by atoms with Gasteiger partial charge in [-0.2, -0.15) is 0 Å². The normalized spacial score (nSPS) is 10.9. The molecule has 0 aliphatic heterocycles. The number of aryl methyl sites for hydroxylation is 1. The predicted octanol–water partition coefficient (Wildman–Crippen LogP) is 0.844. The van der Waals surface area contributed by atoms with Crippen LogP contribution in [0.4, 0.5) is 5.69 Å². The Balaban J connectivity index is 2.68. The van der Waals surface area contributed by atoms with Crippen molar-refractivity contribution in [3.8, 4) is 0 Å². The lowest BCUT2D eigenvalue weighted by Gasteiger charge is -2.11. The maximum Gasteiger partial charge on any atom is 0.332 e. The lowest BCUT2D eigenvalue weighted by atomic mass is 10.2. The number of nitrogens with zero attached hydrogens (tertiary/aromatic N) is 3. The summed E-state index contributed by atoms with van der Waals surface area (Å²) in [6.45, 7) is 2.90. The molecule has 6 heteroatoms. The van der Waals surface area contributed by atoms with Gasteiger partial charge in [-0.1, -0.05) is 13.3 Å². The fourth-order valence-electron chi connectivity index (χ4n) is 2.03. The highest BCUT2D eigenvalue weighted by Gasteiger charge is 2.12. The van der Waals surface area contributed by atoms with E-state index in [1.807, 2.05) is 0 Å². The van der Waals surface area contributed by atoms with Crippen LogP contribution in [0, 0.1) is 0 Å². The summed E-state index contributed by atoms with van der Waals surface area (Å²) in [5.74, 6) is 0. The Morgan fingerprint density at radius 3 is 2.68 bits per heavy atom. The first-order chi connectivity index (χ1) is 9.07. The van der Waals surface area contributed by atoms with E-state index in [4.69, 9.17) is 0 Å². The lowest BCUT2D eigenvalue weighted by molar-refractivity contribution is 0.707. The SMILES string of the molecule is CCCCNc1ccnc2c1c(=O)n(C)c(=O)n2C. The van der Waals surface area contributed by atoms with E-state index in [0.29, 0.717) is 11.0 Å². The molecule has 2 aromatic heterocycles. The number of hydrogen-bond acceptors (Lipinski definition) is 4. The van der Waals surface area contributed by atoms with Gasteiger partial charge in [0.1, 0.15) is 5.39 Å². The van der Waals surface area contributed by atoms with Gasteiger partial charge >= 0.3 is 5.69 Å². The summed E-state index contributed by atoms with van der Waals surface area (Å²) in [7, 11) is 3.10. The van der Waals surface area contributed by atoms with Gasteiger partial charge in [0.25, 0.3) is 5.56 Å². The van der Waals surface area contributed by atoms with Gasteiger partial charge in [-0.3, -0.25) is 13.9 Å². The molecule has 0 amide bonds. The Kier molecular flexibility index (Phi) is 3.69. The number of hydrogen-bond donors (Lipinski definition) is 1. The Morgan fingerprint density at radius 2 is 2.00 bits per heavy atom. The minimum atomic E-state index is -0.365. The molecule has 0 atom stereocenters. The van der Waals surface area contributed by atoms with Gasteiger partial charge in [0.2, 0.25) is 0 Å². The number of rotatable bonds is 4. The molecule has 19 heavy (non-hydrogen) atoms. The molecule has 0 saturated heterocycles. The first-order valence-electron chi connectivity index (χ1n) is 6.36. The van der Waals surface area contributed by atoms with Gasteiger partial charge in [-0.05, 0) is 12.5 Å². The summed E-state index contributed by atoms with van der Waals surface area (Å²) in [4.78, 5) is 28.2. The second-order valence-electron chi connectivity index (χ2n) is 4.54. The molecule has 2 rings (SSSR count). The molecule has 0 radical (unpaired) electrons. The van der Waals surface area contributed by atoms with Crippen molar-refractivity contribution in [3.05, 3.63) is 33.1 Å². The van der Waals surface area contributed by atoms with Crippen LogP contribution in [0.25, 0.3) is 11.0 Å². The summed E-state index contributed by atoms with van der Waals surface area (Å²) in [6, 6.07) is 1.77. The third kappa shape index (κ3) is 2.25. The van der Waals surface area contributed by atoms with Gasteiger partial charge < -0.3 is 5.32 Å². The molecule has 2 heterocycles. The molecule has 0 aliphatic rings. The van der Waals surface area contributed by atoms with E-state index in [9.17, 15) is 9.59 Å². The van der Waals surface area contributed by atoms with E-state index in [1.54, 1.807) is 19.3 Å². The average molecular weight is 262 g/mol. The van der Waals surface area contributed by atoms with Crippen LogP contribution in [0.3, 0.4) is 0 Å². The smallest absolute Gasteiger partial charge is 0.332 e. The van der Waals surface area contributed by atoms with Crippen LogP contribution in [0.15, 0.2) is 21.9 Å². The van der Waals surface area contributed by atoms with Crippen molar-refractivity contribution in [2.24, 2.45) is 14.1 Å². The molecule has 0 saturated carbocycles. The number of anilines is 1. The zero-order valence-electron chi connectivity index (χ0n) is 11.4. The van der Waals surface area contributed by atoms with Crippen molar-refractivity contribution in [1.29, 1.82) is 0 Å². The minimum Gasteiger partial charge on any atom is -0.384 e. The monoisotopic (exact) mass is 262 g/mol. The summed E-state index contributed by atoms with van der Waals surface area (Å²) < 4.78 is 2.50. The van der Waals surface area contributed by atoms with Crippen molar-refractivity contribution in [3.63, 3.8) is 0 Å². The molecular formula is C13H18N4O2. The molecule has 0 unspecified atom stereocenters. The zero-order valence-corrected chi connectivity index (χ0v) is 11.4. The second-order valence-corrected chi connectivity index (χ2v) is 4.54. The summed E-state index contributed by atoms with van der Waals surface area (Å²) in [5, 5.41) is 3.70. The molecule has 0 spiro atoms. The Morgan fingerprint density at radius 1 is 1.26 bits per heavy atom. The first-order valence-corrected chi connectivity index (χ1v) is 6.36. The van der Waals surface area contributed by atoms with E-state index in [0.717, 1.165) is 29.6 Å². The Labute approximate surface area is 110 Å². The van der Waals surface area contributed by atoms with Crippen molar-refractivity contribution >= 4 is 16.7 Å². The Bertz CT molecular complexity index is 715. The number of fused-ring (bicyclic) bond motifs is 1. The maximum absolute atomic E-state index is 12.2. The van der Waals surface area contributed by atoms with Gasteiger partial charge in [0, 0.05) is 26.8 Å². The summed E-state index contributed by atoms with van der Waals surface area (Å²) >= 11 is 0. The van der Waals surface area contributed by atoms with Gasteiger partial charge in [-0.25, -0.2) is 9.78 Å². The standard InChI is InChI=1S/C13H18N4O2/c1-4-5-7-14-9-6-8-15-11-10(9)12(18)17(3)13(19)16(11)2/h6,8H,4-5,7H2,1-3H3,(H,14,15). The van der Waals surface area contributed by atoms with E-state index in [1.165, 1.54) is 11.6 Å². The fraction of sp³-hybridized carbons (Fsp3) is 0.462. The van der Waals surface area contributed by atoms with Crippen molar-refractivity contribution in [1.82, 2.24) is 14.1 Å². The van der Waals surface area contributed by atoms with E-state index < -0.39 is 0 Å². The van der Waals surface area contributed by atoms with Crippen LogP contribution >= 0.6 is 0 Å². The Hall–Kier alpha value is -2.11. The molecule has 0 aliphatic carbocycles. The lowest BCUT2D eigenvalue weighted by Crippen LogP contribution is -2.37. The second kappa shape index (κ2) is 5.26. The third-order valence-corrected chi connectivity index (χ3v) is 3.19. The minimum absolute atomic E-state index is 0.315. The van der Waals surface area contributed by atoms with Crippen LogP contribution in [0.5, 0.6) is 0 Å². The maximum atomic E-state index is 12.2. The van der Waals surface area contributed by atoms with E-state index >= 15 is 0 Å². The molecule has 0 aromatic carbocycles. The van der Waals surface area contributed by atoms with Gasteiger partial charge in [-0.15, -0.1) is 0 Å². The van der Waals surface area contributed by atoms with Crippen molar-refractivity contribution in [2.75, 3.05) is 11.9 Å². The predicted molar refractivity (Wildman–Crippen MR) is 75.6 cm³/mol. The molecule has 1 N–H and O–H groups in total. The van der Waals surface area contributed by atoms with Crippen LogP contribution in [-0.2, 0) is 14.1 Å². The highest BCUT2D eigenvalue weighted by atomic mass is 16.2. The summed E-state index contributed by atoms with van der Waals surface area (Å²) in [5.41, 5.74) is 0.463. The third-order valence-electron chi connectivity index (χ3n) is 3.19. The molecule has 6 nitrogen and oxygen atoms in total. The molecule has 2 aromatic rings. The first kappa shape index (κ1) is 13.3. The molecule has 0 bridgehead atoms. The molecule has 0 fully saturated rings. The van der Waals surface area contributed by atoms with Crippen molar-refractivity contribution < 1.29 is 0 Å². The number of unbranched alkanes of at least 4 members (excludes halogenated alkanes) is 1. The highest BCUT2D eigenvalue weighted by molar-refractivity contribution is 5.87.